The van der Waals surface area contributed by atoms with E-state index in [9.17, 15) is 0 Å². The Balaban J connectivity index is 2.30. The highest BCUT2D eigenvalue weighted by atomic mass is 15.1. The molecule has 0 fully saturated rings. The summed E-state index contributed by atoms with van der Waals surface area (Å²) in [5, 5.41) is 0. The van der Waals surface area contributed by atoms with Crippen molar-refractivity contribution in [3.63, 3.8) is 0 Å². The predicted molar refractivity (Wildman–Crippen MR) is 207 cm³/mol. The van der Waals surface area contributed by atoms with Crippen LogP contribution in [0.2, 0.25) is 0 Å². The largest absolute Gasteiger partial charge is 0.257 e. The molecule has 1 heterocycles. The number of hydrogen-bond donors (Lipinski definition) is 1. The summed E-state index contributed by atoms with van der Waals surface area (Å²) < 4.78 is 2.64. The third-order valence-corrected chi connectivity index (χ3v) is 10.9. The van der Waals surface area contributed by atoms with Crippen LogP contribution in [0.3, 0.4) is 0 Å². The van der Waals surface area contributed by atoms with Crippen LogP contribution in [0.15, 0.2) is 12.4 Å². The van der Waals surface area contributed by atoms with E-state index < -0.39 is 0 Å². The van der Waals surface area contributed by atoms with E-state index in [1.54, 1.807) is 0 Å². The lowest BCUT2D eigenvalue weighted by Gasteiger charge is -2.17. The summed E-state index contributed by atoms with van der Waals surface area (Å²) >= 11 is 0. The Morgan fingerprint density at radius 2 is 0.696 bits per heavy atom. The monoisotopic (exact) mass is 644 g/mol. The van der Waals surface area contributed by atoms with Crippen molar-refractivity contribution in [3.05, 3.63) is 18.2 Å². The first kappa shape index (κ1) is 43.2. The van der Waals surface area contributed by atoms with Crippen LogP contribution in [0.1, 0.15) is 270 Å². The zero-order valence-corrected chi connectivity index (χ0v) is 32.5. The highest BCUT2D eigenvalue weighted by Crippen LogP contribution is 2.27. The maximum atomic E-state index is 3.75. The summed E-state index contributed by atoms with van der Waals surface area (Å²) in [6, 6.07) is 0.619. The number of H-pyrrole nitrogens is 1. The molecule has 1 rings (SSSR count). The number of hydrogen-bond acceptors (Lipinski definition) is 0. The van der Waals surface area contributed by atoms with E-state index in [1.807, 2.05) is 0 Å². The Hall–Kier alpha value is -0.790. The molecule has 1 aromatic rings. The minimum atomic E-state index is 0.619. The van der Waals surface area contributed by atoms with E-state index in [4.69, 9.17) is 0 Å². The molecule has 0 bridgehead atoms. The molecule has 0 spiro atoms. The molecule has 0 aliphatic carbocycles. The maximum Gasteiger partial charge on any atom is 0.257 e. The Bertz CT molecular complexity index is 709. The van der Waals surface area contributed by atoms with Gasteiger partial charge in [0.25, 0.3) is 5.82 Å². The van der Waals surface area contributed by atoms with E-state index >= 15 is 0 Å². The molecule has 2 nitrogen and oxygen atoms in total. The fourth-order valence-corrected chi connectivity index (χ4v) is 7.66. The van der Waals surface area contributed by atoms with Gasteiger partial charge in [-0.25, -0.2) is 9.55 Å². The molecule has 2 atom stereocenters. The average molecular weight is 644 g/mol. The molecule has 0 radical (unpaired) electrons. The first-order valence-electron chi connectivity index (χ1n) is 21.8. The molecular formula is C44H87N2+. The topological polar surface area (TPSA) is 19.7 Å². The standard InChI is InChI=1S/C44H86N2/c1-5-8-11-14-17-19-21-22-23-24-25-26-28-30-33-36-39-43(38-35-32-16-13-10-7-3)44-45-40-41-46(44)42(4)37-34-31-29-27-20-18-15-12-9-6-2/h40-43H,5-39H2,1-4H3/p+1. The van der Waals surface area contributed by atoms with Gasteiger partial charge in [0.05, 0.1) is 12.0 Å². The van der Waals surface area contributed by atoms with Crippen molar-refractivity contribution in [2.75, 3.05) is 0 Å². The van der Waals surface area contributed by atoms with Gasteiger partial charge in [-0.2, -0.15) is 0 Å². The number of nitrogens with zero attached hydrogens (tertiary/aromatic N) is 1. The molecule has 272 valence electrons. The molecule has 0 saturated carbocycles. The third kappa shape index (κ3) is 25.3. The van der Waals surface area contributed by atoms with Gasteiger partial charge >= 0.3 is 0 Å². The lowest BCUT2D eigenvalue weighted by molar-refractivity contribution is -0.727. The highest BCUT2D eigenvalue weighted by molar-refractivity contribution is 4.90. The molecule has 46 heavy (non-hydrogen) atoms. The van der Waals surface area contributed by atoms with Gasteiger partial charge in [-0.3, -0.25) is 0 Å². The Morgan fingerprint density at radius 1 is 0.413 bits per heavy atom. The molecule has 0 aromatic carbocycles. The number of unbranched alkanes of at least 4 members (excludes halogenated alkanes) is 29. The minimum Gasteiger partial charge on any atom is -0.247 e. The zero-order valence-electron chi connectivity index (χ0n) is 32.5. The highest BCUT2D eigenvalue weighted by Gasteiger charge is 2.25. The summed E-state index contributed by atoms with van der Waals surface area (Å²) in [6.07, 6.45) is 54.6. The van der Waals surface area contributed by atoms with Gasteiger partial charge in [0.1, 0.15) is 12.4 Å². The molecule has 2 heteroatoms. The third-order valence-electron chi connectivity index (χ3n) is 10.9. The quantitative estimate of drug-likeness (QED) is 0.0550. The van der Waals surface area contributed by atoms with Crippen molar-refractivity contribution in [2.24, 2.45) is 0 Å². The van der Waals surface area contributed by atoms with Gasteiger partial charge in [0, 0.05) is 0 Å². The van der Waals surface area contributed by atoms with Crippen LogP contribution in [-0.4, -0.2) is 4.98 Å². The summed E-state index contributed by atoms with van der Waals surface area (Å²) in [6.45, 7) is 9.43. The number of imidazole rings is 1. The van der Waals surface area contributed by atoms with E-state index in [0.717, 1.165) is 0 Å². The number of rotatable bonds is 37. The van der Waals surface area contributed by atoms with Crippen molar-refractivity contribution in [3.8, 4) is 0 Å². The second-order valence-electron chi connectivity index (χ2n) is 15.4. The molecule has 0 aliphatic heterocycles. The normalized spacial score (nSPS) is 13.0. The molecule has 0 saturated heterocycles. The van der Waals surface area contributed by atoms with Gasteiger partial charge in [-0.1, -0.05) is 220 Å². The summed E-state index contributed by atoms with van der Waals surface area (Å²) in [5.74, 6) is 2.25. The average Bonchev–Trinajstić information content (AvgIpc) is 3.56. The molecule has 2 unspecified atom stereocenters. The smallest absolute Gasteiger partial charge is 0.247 e. The van der Waals surface area contributed by atoms with Gasteiger partial charge in [0.2, 0.25) is 0 Å². The van der Waals surface area contributed by atoms with Crippen LogP contribution < -0.4 is 4.57 Å². The fraction of sp³-hybridized carbons (Fsp3) is 0.932. The second-order valence-corrected chi connectivity index (χ2v) is 15.4. The summed E-state index contributed by atoms with van der Waals surface area (Å²) in [7, 11) is 0. The first-order chi connectivity index (χ1) is 22.7. The molecule has 0 aliphatic rings. The van der Waals surface area contributed by atoms with Crippen molar-refractivity contribution in [2.45, 2.75) is 264 Å². The number of aromatic amines is 1. The van der Waals surface area contributed by atoms with E-state index in [-0.39, 0.29) is 0 Å². The SMILES string of the molecule is CCCCCCCCCCCCCCCCCCC(CCCCCCCC)c1[nH]cc[n+]1C(C)CCCCCCCCCCCC. The van der Waals surface area contributed by atoms with Crippen LogP contribution >= 0.6 is 0 Å². The lowest BCUT2D eigenvalue weighted by atomic mass is 9.92. The summed E-state index contributed by atoms with van der Waals surface area (Å²) in [5.41, 5.74) is 0. The molecule has 1 aromatic heterocycles. The van der Waals surface area contributed by atoms with Crippen molar-refractivity contribution >= 4 is 0 Å². The fourth-order valence-electron chi connectivity index (χ4n) is 7.66. The Labute approximate surface area is 291 Å². The summed E-state index contributed by atoms with van der Waals surface area (Å²) in [4.78, 5) is 3.75. The molecular weight excluding hydrogens is 556 g/mol. The maximum absolute atomic E-state index is 3.75. The number of nitrogens with one attached hydrogen (secondary N) is 1. The van der Waals surface area contributed by atoms with Crippen LogP contribution in [0.5, 0.6) is 0 Å². The second kappa shape index (κ2) is 34.1. The van der Waals surface area contributed by atoms with E-state index in [0.29, 0.717) is 12.0 Å². The van der Waals surface area contributed by atoms with Gasteiger partial charge < -0.3 is 0 Å². The Kier molecular flexibility index (Phi) is 32.0. The Morgan fingerprint density at radius 3 is 1.02 bits per heavy atom. The van der Waals surface area contributed by atoms with Crippen molar-refractivity contribution in [1.82, 2.24) is 4.98 Å². The van der Waals surface area contributed by atoms with Crippen LogP contribution in [-0.2, 0) is 0 Å². The van der Waals surface area contributed by atoms with Crippen LogP contribution in [0, 0.1) is 0 Å². The molecule has 0 amide bonds. The van der Waals surface area contributed by atoms with Crippen molar-refractivity contribution in [1.29, 1.82) is 0 Å². The van der Waals surface area contributed by atoms with Crippen LogP contribution in [0.25, 0.3) is 0 Å². The van der Waals surface area contributed by atoms with Gasteiger partial charge in [-0.15, -0.1) is 0 Å². The van der Waals surface area contributed by atoms with E-state index in [2.05, 4.69) is 49.6 Å². The zero-order chi connectivity index (χ0) is 33.2. The van der Waals surface area contributed by atoms with Gasteiger partial charge in [0.15, 0.2) is 0 Å². The van der Waals surface area contributed by atoms with E-state index in [1.165, 1.54) is 231 Å². The molecule has 1 N–H and O–H groups in total. The van der Waals surface area contributed by atoms with Gasteiger partial charge in [-0.05, 0) is 32.6 Å². The number of aromatic nitrogens is 2. The predicted octanol–water partition coefficient (Wildman–Crippen LogP) is 15.7. The van der Waals surface area contributed by atoms with Crippen LogP contribution in [0.4, 0.5) is 0 Å². The first-order valence-corrected chi connectivity index (χ1v) is 21.8. The lowest BCUT2D eigenvalue weighted by Crippen LogP contribution is -2.41. The minimum absolute atomic E-state index is 0.619. The van der Waals surface area contributed by atoms with Crippen molar-refractivity contribution < 1.29 is 4.57 Å².